The molecule has 21 heavy (non-hydrogen) atoms. The standard InChI is InChI=1S/C15H26N6/c1-5-12-13-14(19(4)18-12)21(15(16)17-13)9-11-6-7-20(8-11)10(2)3/h10-11H,5-9H2,1-4H3,(H2,16,17). The number of nitrogens with zero attached hydrogens (tertiary/aromatic N) is 5. The average molecular weight is 290 g/mol. The van der Waals surface area contributed by atoms with E-state index < -0.39 is 0 Å². The number of nitrogens with two attached hydrogens (primary N) is 1. The fraction of sp³-hybridized carbons (Fsp3) is 0.733. The second-order valence-corrected chi connectivity index (χ2v) is 6.42. The van der Waals surface area contributed by atoms with Crippen molar-refractivity contribution in [3.05, 3.63) is 5.69 Å². The maximum absolute atomic E-state index is 6.16. The van der Waals surface area contributed by atoms with Gasteiger partial charge in [-0.05, 0) is 39.2 Å². The molecular formula is C15H26N6. The molecule has 0 bridgehead atoms. The van der Waals surface area contributed by atoms with Gasteiger partial charge in [0.15, 0.2) is 5.65 Å². The maximum atomic E-state index is 6.16. The quantitative estimate of drug-likeness (QED) is 0.930. The number of aromatic nitrogens is 4. The van der Waals surface area contributed by atoms with Crippen LogP contribution in [0.15, 0.2) is 0 Å². The highest BCUT2D eigenvalue weighted by atomic mass is 15.3. The minimum absolute atomic E-state index is 0.621. The Labute approximate surface area is 125 Å². The molecule has 116 valence electrons. The molecule has 0 aromatic carbocycles. The first-order valence-corrected chi connectivity index (χ1v) is 7.92. The predicted molar refractivity (Wildman–Crippen MR) is 85.1 cm³/mol. The number of imidazole rings is 1. The second kappa shape index (κ2) is 5.33. The van der Waals surface area contributed by atoms with E-state index in [1.54, 1.807) is 0 Å². The highest BCUT2D eigenvalue weighted by Crippen LogP contribution is 2.26. The fourth-order valence-corrected chi connectivity index (χ4v) is 3.42. The van der Waals surface area contributed by atoms with E-state index in [1.165, 1.54) is 13.0 Å². The lowest BCUT2D eigenvalue weighted by Crippen LogP contribution is -2.29. The van der Waals surface area contributed by atoms with E-state index in [4.69, 9.17) is 5.73 Å². The fourth-order valence-electron chi connectivity index (χ4n) is 3.42. The van der Waals surface area contributed by atoms with Crippen molar-refractivity contribution in [1.82, 2.24) is 24.2 Å². The first-order chi connectivity index (χ1) is 10.0. The monoisotopic (exact) mass is 290 g/mol. The molecule has 6 heteroatoms. The number of anilines is 1. The maximum Gasteiger partial charge on any atom is 0.202 e. The van der Waals surface area contributed by atoms with Crippen molar-refractivity contribution in [3.8, 4) is 0 Å². The summed E-state index contributed by atoms with van der Waals surface area (Å²) in [4.78, 5) is 7.08. The lowest BCUT2D eigenvalue weighted by atomic mass is 10.1. The van der Waals surface area contributed by atoms with Crippen LogP contribution in [0, 0.1) is 5.92 Å². The zero-order valence-electron chi connectivity index (χ0n) is 13.5. The molecule has 2 aromatic heterocycles. The van der Waals surface area contributed by atoms with Gasteiger partial charge in [-0.2, -0.15) is 5.10 Å². The van der Waals surface area contributed by atoms with Crippen molar-refractivity contribution < 1.29 is 0 Å². The average Bonchev–Trinajstić information content (AvgIpc) is 3.09. The van der Waals surface area contributed by atoms with Crippen LogP contribution in [0.3, 0.4) is 0 Å². The van der Waals surface area contributed by atoms with Gasteiger partial charge in [0, 0.05) is 26.2 Å². The summed E-state index contributed by atoms with van der Waals surface area (Å²) in [6.45, 7) is 9.91. The van der Waals surface area contributed by atoms with Crippen LogP contribution in [0.5, 0.6) is 0 Å². The van der Waals surface area contributed by atoms with Crippen LogP contribution in [0.25, 0.3) is 11.2 Å². The number of rotatable bonds is 4. The van der Waals surface area contributed by atoms with Crippen LogP contribution in [0.4, 0.5) is 5.95 Å². The molecule has 1 aliphatic heterocycles. The van der Waals surface area contributed by atoms with Gasteiger partial charge in [0.05, 0.1) is 5.69 Å². The largest absolute Gasteiger partial charge is 0.369 e. The molecule has 2 N–H and O–H groups in total. The molecule has 3 rings (SSSR count). The Balaban J connectivity index is 1.88. The van der Waals surface area contributed by atoms with Crippen LogP contribution in [0.1, 0.15) is 32.9 Å². The third kappa shape index (κ3) is 2.41. The summed E-state index contributed by atoms with van der Waals surface area (Å²) in [7, 11) is 1.98. The Kier molecular flexibility index (Phi) is 3.65. The molecule has 2 aromatic rings. The predicted octanol–water partition coefficient (Wildman–Crippen LogP) is 1.64. The van der Waals surface area contributed by atoms with Gasteiger partial charge in [0.2, 0.25) is 5.95 Å². The molecule has 6 nitrogen and oxygen atoms in total. The summed E-state index contributed by atoms with van der Waals surface area (Å²) in [5.41, 5.74) is 9.23. The molecule has 1 aliphatic rings. The minimum atomic E-state index is 0.621. The van der Waals surface area contributed by atoms with Gasteiger partial charge in [-0.3, -0.25) is 9.25 Å². The lowest BCUT2D eigenvalue weighted by molar-refractivity contribution is 0.261. The third-order valence-electron chi connectivity index (χ3n) is 4.64. The molecule has 0 spiro atoms. The van der Waals surface area contributed by atoms with Crippen LogP contribution in [-0.4, -0.2) is 43.4 Å². The molecule has 0 aliphatic carbocycles. The third-order valence-corrected chi connectivity index (χ3v) is 4.64. The van der Waals surface area contributed by atoms with Gasteiger partial charge in [0.1, 0.15) is 5.52 Å². The van der Waals surface area contributed by atoms with Crippen molar-refractivity contribution in [1.29, 1.82) is 0 Å². The van der Waals surface area contributed by atoms with Crippen molar-refractivity contribution in [3.63, 3.8) is 0 Å². The topological polar surface area (TPSA) is 64.9 Å². The summed E-state index contributed by atoms with van der Waals surface area (Å²) >= 11 is 0. The zero-order valence-corrected chi connectivity index (χ0v) is 13.5. The van der Waals surface area contributed by atoms with E-state index in [0.717, 1.165) is 36.4 Å². The Bertz CT molecular complexity index is 638. The van der Waals surface area contributed by atoms with E-state index in [0.29, 0.717) is 17.9 Å². The highest BCUT2D eigenvalue weighted by Gasteiger charge is 2.26. The van der Waals surface area contributed by atoms with E-state index in [-0.39, 0.29) is 0 Å². The number of hydrogen-bond donors (Lipinski definition) is 1. The van der Waals surface area contributed by atoms with Crippen molar-refractivity contribution in [2.45, 2.75) is 46.2 Å². The summed E-state index contributed by atoms with van der Waals surface area (Å²) in [5.74, 6) is 1.27. The van der Waals surface area contributed by atoms with Crippen LogP contribution >= 0.6 is 0 Å². The van der Waals surface area contributed by atoms with Gasteiger partial charge in [-0.25, -0.2) is 4.98 Å². The van der Waals surface area contributed by atoms with Gasteiger partial charge >= 0.3 is 0 Å². The van der Waals surface area contributed by atoms with Gasteiger partial charge < -0.3 is 10.6 Å². The molecular weight excluding hydrogens is 264 g/mol. The Morgan fingerprint density at radius 2 is 2.14 bits per heavy atom. The summed E-state index contributed by atoms with van der Waals surface area (Å²) in [6, 6.07) is 0.624. The highest BCUT2D eigenvalue weighted by molar-refractivity contribution is 5.77. The molecule has 3 heterocycles. The van der Waals surface area contributed by atoms with Crippen LogP contribution < -0.4 is 5.73 Å². The minimum Gasteiger partial charge on any atom is -0.369 e. The molecule has 1 fully saturated rings. The Hall–Kier alpha value is -1.56. The number of aryl methyl sites for hydroxylation is 2. The molecule has 0 amide bonds. The Morgan fingerprint density at radius 3 is 2.76 bits per heavy atom. The van der Waals surface area contributed by atoms with Crippen LogP contribution in [-0.2, 0) is 20.0 Å². The van der Waals surface area contributed by atoms with E-state index in [1.807, 2.05) is 11.7 Å². The number of fused-ring (bicyclic) bond motifs is 1. The van der Waals surface area contributed by atoms with E-state index in [2.05, 4.69) is 40.3 Å². The normalized spacial score (nSPS) is 20.1. The summed E-state index contributed by atoms with van der Waals surface area (Å²) in [6.07, 6.45) is 2.12. The summed E-state index contributed by atoms with van der Waals surface area (Å²) in [5, 5.41) is 4.56. The van der Waals surface area contributed by atoms with Crippen molar-refractivity contribution in [2.75, 3.05) is 18.8 Å². The Morgan fingerprint density at radius 1 is 1.38 bits per heavy atom. The van der Waals surface area contributed by atoms with E-state index in [9.17, 15) is 0 Å². The first kappa shape index (κ1) is 14.4. The number of likely N-dealkylation sites (tertiary alicyclic amines) is 1. The van der Waals surface area contributed by atoms with Crippen molar-refractivity contribution in [2.24, 2.45) is 13.0 Å². The molecule has 0 radical (unpaired) electrons. The molecule has 0 saturated carbocycles. The molecule has 1 atom stereocenters. The van der Waals surface area contributed by atoms with Gasteiger partial charge in [-0.15, -0.1) is 0 Å². The van der Waals surface area contributed by atoms with E-state index >= 15 is 0 Å². The van der Waals surface area contributed by atoms with Gasteiger partial charge in [-0.1, -0.05) is 6.92 Å². The van der Waals surface area contributed by atoms with Crippen molar-refractivity contribution >= 4 is 17.1 Å². The number of hydrogen-bond acceptors (Lipinski definition) is 4. The summed E-state index contributed by atoms with van der Waals surface area (Å²) < 4.78 is 4.07. The molecule has 1 saturated heterocycles. The lowest BCUT2D eigenvalue weighted by Gasteiger charge is -2.20. The molecule has 1 unspecified atom stereocenters. The van der Waals surface area contributed by atoms with Crippen LogP contribution in [0.2, 0.25) is 0 Å². The smallest absolute Gasteiger partial charge is 0.202 e. The second-order valence-electron chi connectivity index (χ2n) is 6.42. The SMILES string of the molecule is CCc1nn(C)c2c1nc(N)n2CC1CCN(C(C)C)C1. The van der Waals surface area contributed by atoms with Gasteiger partial charge in [0.25, 0.3) is 0 Å². The number of nitrogen functional groups attached to an aromatic ring is 1. The zero-order chi connectivity index (χ0) is 15.1. The first-order valence-electron chi connectivity index (χ1n) is 7.92.